The van der Waals surface area contributed by atoms with Gasteiger partial charge in [0, 0.05) is 36.2 Å². The van der Waals surface area contributed by atoms with Gasteiger partial charge in [0.05, 0.1) is 0 Å². The van der Waals surface area contributed by atoms with E-state index in [1.807, 2.05) is 37.3 Å². The number of anilines is 3. The Bertz CT molecular complexity index is 1300. The number of nitrogens with one attached hydrogen (secondary N) is 5. The summed E-state index contributed by atoms with van der Waals surface area (Å²) in [5, 5.41) is 9.92. The van der Waals surface area contributed by atoms with E-state index in [-0.39, 0.29) is 5.91 Å². The Morgan fingerprint density at radius 2 is 1.94 bits per heavy atom. The molecule has 4 aromatic rings. The normalized spacial score (nSPS) is 14.1. The van der Waals surface area contributed by atoms with Crippen molar-refractivity contribution < 1.29 is 9.78 Å². The third-order valence-electron chi connectivity index (χ3n) is 6.46. The van der Waals surface area contributed by atoms with Crippen molar-refractivity contribution in [3.8, 4) is 0 Å². The number of imidazole rings is 1. The van der Waals surface area contributed by atoms with E-state index in [1.54, 1.807) is 18.7 Å². The van der Waals surface area contributed by atoms with Crippen LogP contribution >= 0.6 is 0 Å². The third kappa shape index (κ3) is 5.56. The molecule has 1 aliphatic rings. The molecule has 0 atom stereocenters. The van der Waals surface area contributed by atoms with Crippen LogP contribution in [0, 0.1) is 6.92 Å². The number of carbonyl (C=O) groups is 1. The highest BCUT2D eigenvalue weighted by molar-refractivity contribution is 5.95. The Kier molecular flexibility index (Phi) is 6.83. The average Bonchev–Trinajstić information content (AvgIpc) is 3.36. The van der Waals surface area contributed by atoms with Crippen LogP contribution in [0.2, 0.25) is 0 Å². The van der Waals surface area contributed by atoms with E-state index in [2.05, 4.69) is 35.9 Å². The van der Waals surface area contributed by atoms with Gasteiger partial charge in [0.15, 0.2) is 12.1 Å². The summed E-state index contributed by atoms with van der Waals surface area (Å²) < 4.78 is 0. The SMILES string of the molecule is Cc1cc(C(=O)NCCc2ccncc2)ccc1Nc1nc(NC2CCCCC2)c2[nH]c[nH+]c2n1. The molecular formula is C26H31N8O+. The minimum absolute atomic E-state index is 0.0905. The number of carbonyl (C=O) groups excluding carboxylic acids is 1. The van der Waals surface area contributed by atoms with E-state index in [1.165, 1.54) is 19.3 Å². The molecule has 1 saturated carbocycles. The van der Waals surface area contributed by atoms with Crippen molar-refractivity contribution in [2.24, 2.45) is 0 Å². The van der Waals surface area contributed by atoms with E-state index >= 15 is 0 Å². The number of hydrogen-bond donors (Lipinski definition) is 4. The number of aromatic nitrogens is 5. The number of aryl methyl sites for hydroxylation is 1. The Balaban J connectivity index is 1.26. The van der Waals surface area contributed by atoms with Crippen LogP contribution in [0.25, 0.3) is 11.2 Å². The molecule has 1 aliphatic carbocycles. The van der Waals surface area contributed by atoms with Crippen molar-refractivity contribution in [2.45, 2.75) is 51.5 Å². The van der Waals surface area contributed by atoms with Crippen LogP contribution in [0.15, 0.2) is 49.1 Å². The van der Waals surface area contributed by atoms with Crippen LogP contribution in [0.3, 0.4) is 0 Å². The zero-order valence-electron chi connectivity index (χ0n) is 19.9. The van der Waals surface area contributed by atoms with Gasteiger partial charge in [-0.15, -0.1) is 0 Å². The van der Waals surface area contributed by atoms with E-state index in [0.717, 1.165) is 53.1 Å². The molecule has 1 amide bonds. The zero-order chi connectivity index (χ0) is 24.0. The second kappa shape index (κ2) is 10.5. The minimum Gasteiger partial charge on any atom is -0.364 e. The van der Waals surface area contributed by atoms with Gasteiger partial charge in [-0.2, -0.15) is 4.98 Å². The van der Waals surface area contributed by atoms with Gasteiger partial charge in [-0.1, -0.05) is 24.2 Å². The molecule has 0 aliphatic heterocycles. The molecule has 35 heavy (non-hydrogen) atoms. The van der Waals surface area contributed by atoms with Crippen LogP contribution in [0.5, 0.6) is 0 Å². The molecule has 180 valence electrons. The highest BCUT2D eigenvalue weighted by Gasteiger charge is 2.21. The maximum atomic E-state index is 12.6. The van der Waals surface area contributed by atoms with Gasteiger partial charge >= 0.3 is 11.6 Å². The molecule has 9 nitrogen and oxygen atoms in total. The number of amides is 1. The topological polar surface area (TPSA) is 122 Å². The molecule has 0 radical (unpaired) electrons. The van der Waals surface area contributed by atoms with Gasteiger partial charge in [0.2, 0.25) is 5.52 Å². The van der Waals surface area contributed by atoms with Crippen molar-refractivity contribution >= 4 is 34.5 Å². The van der Waals surface area contributed by atoms with Crippen LogP contribution < -0.4 is 20.9 Å². The first-order chi connectivity index (χ1) is 17.2. The van der Waals surface area contributed by atoms with Gasteiger partial charge in [-0.05, 0) is 67.6 Å². The summed E-state index contributed by atoms with van der Waals surface area (Å²) in [5.74, 6) is 1.21. The summed E-state index contributed by atoms with van der Waals surface area (Å²) in [6, 6.07) is 9.94. The van der Waals surface area contributed by atoms with Crippen molar-refractivity contribution in [2.75, 3.05) is 17.2 Å². The maximum Gasteiger partial charge on any atom is 0.307 e. The molecule has 3 heterocycles. The van der Waals surface area contributed by atoms with Gasteiger partial charge in [0.25, 0.3) is 5.91 Å². The second-order valence-electron chi connectivity index (χ2n) is 9.05. The lowest BCUT2D eigenvalue weighted by atomic mass is 9.95. The monoisotopic (exact) mass is 471 g/mol. The smallest absolute Gasteiger partial charge is 0.307 e. The van der Waals surface area contributed by atoms with Crippen LogP contribution in [-0.4, -0.2) is 38.4 Å². The molecule has 9 heteroatoms. The molecule has 0 spiro atoms. The summed E-state index contributed by atoms with van der Waals surface area (Å²) in [6.07, 6.45) is 12.2. The van der Waals surface area contributed by atoms with Crippen LogP contribution in [-0.2, 0) is 6.42 Å². The Morgan fingerprint density at radius 3 is 2.74 bits per heavy atom. The predicted octanol–water partition coefficient (Wildman–Crippen LogP) is 3.94. The molecule has 1 aromatic carbocycles. The fourth-order valence-electron chi connectivity index (χ4n) is 4.52. The van der Waals surface area contributed by atoms with Crippen molar-refractivity contribution in [3.63, 3.8) is 0 Å². The van der Waals surface area contributed by atoms with Gasteiger partial charge in [-0.3, -0.25) is 14.8 Å². The first-order valence-electron chi connectivity index (χ1n) is 12.2. The molecule has 1 fully saturated rings. The van der Waals surface area contributed by atoms with E-state index in [4.69, 9.17) is 4.98 Å². The number of pyridine rings is 1. The Labute approximate surface area is 204 Å². The summed E-state index contributed by atoms with van der Waals surface area (Å²) in [7, 11) is 0. The molecular weight excluding hydrogens is 440 g/mol. The molecule has 5 rings (SSSR count). The van der Waals surface area contributed by atoms with Crippen LogP contribution in [0.4, 0.5) is 17.5 Å². The summed E-state index contributed by atoms with van der Waals surface area (Å²) in [6.45, 7) is 2.54. The fraction of sp³-hybridized carbons (Fsp3) is 0.346. The summed E-state index contributed by atoms with van der Waals surface area (Å²) >= 11 is 0. The lowest BCUT2D eigenvalue weighted by Gasteiger charge is -2.23. The van der Waals surface area contributed by atoms with Crippen molar-refractivity contribution in [1.29, 1.82) is 0 Å². The Morgan fingerprint density at radius 1 is 1.11 bits per heavy atom. The van der Waals surface area contributed by atoms with E-state index in [0.29, 0.717) is 24.1 Å². The predicted molar refractivity (Wildman–Crippen MR) is 136 cm³/mol. The van der Waals surface area contributed by atoms with E-state index in [9.17, 15) is 4.79 Å². The average molecular weight is 472 g/mol. The number of rotatable bonds is 8. The van der Waals surface area contributed by atoms with Gasteiger partial charge < -0.3 is 16.0 Å². The first-order valence-corrected chi connectivity index (χ1v) is 12.2. The lowest BCUT2D eigenvalue weighted by Crippen LogP contribution is -2.25. The van der Waals surface area contributed by atoms with Crippen LogP contribution in [0.1, 0.15) is 53.6 Å². The minimum atomic E-state index is -0.0905. The fourth-order valence-corrected chi connectivity index (χ4v) is 4.52. The number of hydrogen-bond acceptors (Lipinski definition) is 6. The largest absolute Gasteiger partial charge is 0.364 e. The molecule has 0 bridgehead atoms. The quantitative estimate of drug-likeness (QED) is 0.309. The van der Waals surface area contributed by atoms with Gasteiger partial charge in [-0.25, -0.2) is 4.98 Å². The first kappa shape index (κ1) is 22.8. The lowest BCUT2D eigenvalue weighted by molar-refractivity contribution is -0.347. The highest BCUT2D eigenvalue weighted by Crippen LogP contribution is 2.26. The Hall–Kier alpha value is -4.01. The summed E-state index contributed by atoms with van der Waals surface area (Å²) in [5.41, 5.74) is 5.18. The zero-order valence-corrected chi connectivity index (χ0v) is 19.9. The molecule has 5 N–H and O–H groups in total. The number of H-pyrrole nitrogens is 2. The number of benzene rings is 1. The molecule has 0 unspecified atom stereocenters. The number of fused-ring (bicyclic) bond motifs is 1. The van der Waals surface area contributed by atoms with E-state index < -0.39 is 0 Å². The van der Waals surface area contributed by atoms with Gasteiger partial charge in [0.1, 0.15) is 0 Å². The molecule has 3 aromatic heterocycles. The summed E-state index contributed by atoms with van der Waals surface area (Å²) in [4.78, 5) is 32.4. The third-order valence-corrected chi connectivity index (χ3v) is 6.46. The van der Waals surface area contributed by atoms with Crippen molar-refractivity contribution in [1.82, 2.24) is 25.3 Å². The highest BCUT2D eigenvalue weighted by atomic mass is 16.1. The number of aromatic amines is 2. The standard InChI is InChI=1S/C26H30N8O/c1-17-15-19(25(35)28-14-11-18-9-12-27-13-10-18)7-8-21(17)32-26-33-23-22(29-16-30-23)24(34-26)31-20-5-3-2-4-6-20/h7-10,12-13,15-16,20H,2-6,11,14H2,1H3,(H,28,35)(H3,29,30,31,32,33,34)/p+1. The van der Waals surface area contributed by atoms with Crippen molar-refractivity contribution in [3.05, 3.63) is 65.7 Å². The number of nitrogens with zero attached hydrogens (tertiary/aromatic N) is 3. The second-order valence-corrected chi connectivity index (χ2v) is 9.05. The maximum absolute atomic E-state index is 12.6. The molecule has 0 saturated heterocycles.